The van der Waals surface area contributed by atoms with E-state index in [4.69, 9.17) is 0 Å². The summed E-state index contributed by atoms with van der Waals surface area (Å²) in [6, 6.07) is 0. The number of hydrogen-bond acceptors (Lipinski definition) is 2. The third-order valence-electron chi connectivity index (χ3n) is 1.31. The van der Waals surface area contributed by atoms with Crippen LogP contribution >= 0.6 is 0 Å². The molecule has 54 valence electrons. The minimum Gasteiger partial charge on any atom is -0.302 e. The Morgan fingerprint density at radius 3 is 2.80 bits per heavy atom. The molecule has 0 aromatic carbocycles. The number of nitrogens with zero attached hydrogens (tertiary/aromatic N) is 1. The molecule has 1 aromatic rings. The van der Waals surface area contributed by atoms with Crippen LogP contribution in [0.1, 0.15) is 17.3 Å². The summed E-state index contributed by atoms with van der Waals surface area (Å²) in [6.45, 7) is 2.39. The monoisotopic (exact) mass is 140 g/mol. The molecule has 1 aromatic heterocycles. The average Bonchev–Trinajstić information content (AvgIpc) is 2.30. The van der Waals surface area contributed by atoms with E-state index in [-0.39, 0.29) is 11.1 Å². The van der Waals surface area contributed by atoms with Crippen molar-refractivity contribution in [3.05, 3.63) is 22.1 Å². The van der Waals surface area contributed by atoms with Crippen LogP contribution in [-0.2, 0) is 6.54 Å². The summed E-state index contributed by atoms with van der Waals surface area (Å²) in [4.78, 5) is 21.1. The molecule has 0 aliphatic heterocycles. The molecule has 1 heterocycles. The third-order valence-corrected chi connectivity index (χ3v) is 1.31. The largest absolute Gasteiger partial charge is 0.302 e. The number of aromatic amines is 1. The van der Waals surface area contributed by atoms with Gasteiger partial charge in [0.15, 0.2) is 6.29 Å². The Hall–Kier alpha value is -1.32. The highest BCUT2D eigenvalue weighted by atomic mass is 16.1. The van der Waals surface area contributed by atoms with Crippen LogP contribution in [0, 0.1) is 0 Å². The van der Waals surface area contributed by atoms with Crippen molar-refractivity contribution < 1.29 is 4.79 Å². The summed E-state index contributed by atoms with van der Waals surface area (Å²) < 4.78 is 1.36. The second kappa shape index (κ2) is 2.51. The Kier molecular flexibility index (Phi) is 1.71. The smallest absolute Gasteiger partial charge is 0.277 e. The molecule has 0 radical (unpaired) electrons. The maximum atomic E-state index is 10.9. The fourth-order valence-electron chi connectivity index (χ4n) is 0.743. The normalized spacial score (nSPS) is 9.70. The van der Waals surface area contributed by atoms with Gasteiger partial charge in [-0.25, -0.2) is 0 Å². The zero-order chi connectivity index (χ0) is 7.56. The van der Waals surface area contributed by atoms with E-state index in [1.54, 1.807) is 0 Å². The third kappa shape index (κ3) is 0.877. The highest BCUT2D eigenvalue weighted by molar-refractivity contribution is 5.73. The molecule has 0 aliphatic carbocycles. The fraction of sp³-hybridized carbons (Fsp3) is 0.333. The zero-order valence-electron chi connectivity index (χ0n) is 5.63. The number of hydrogen-bond donors (Lipinski definition) is 1. The number of nitrogens with one attached hydrogen (secondary N) is 1. The first-order chi connectivity index (χ1) is 4.79. The molecule has 0 unspecified atom stereocenters. The first-order valence-corrected chi connectivity index (χ1v) is 3.03. The number of carbonyl (C=O) groups is 1. The molecule has 0 saturated carbocycles. The summed E-state index contributed by atoms with van der Waals surface area (Å²) in [7, 11) is 0. The number of H-pyrrole nitrogens is 1. The van der Waals surface area contributed by atoms with E-state index < -0.39 is 0 Å². The molecule has 4 nitrogen and oxygen atoms in total. The number of aldehydes is 1. The van der Waals surface area contributed by atoms with Gasteiger partial charge in [0, 0.05) is 12.7 Å². The molecule has 0 aliphatic rings. The molecule has 0 saturated heterocycles. The molecular weight excluding hydrogens is 132 g/mol. The van der Waals surface area contributed by atoms with Gasteiger partial charge in [0.25, 0.3) is 5.56 Å². The maximum Gasteiger partial charge on any atom is 0.277 e. The molecule has 1 N–H and O–H groups in total. The second-order valence-electron chi connectivity index (χ2n) is 1.90. The van der Waals surface area contributed by atoms with E-state index in [1.807, 2.05) is 6.92 Å². The molecule has 1 rings (SSSR count). The molecule has 0 bridgehead atoms. The minimum atomic E-state index is -0.252. The number of aromatic nitrogens is 2. The molecule has 0 fully saturated rings. The molecule has 10 heavy (non-hydrogen) atoms. The Morgan fingerprint density at radius 2 is 2.50 bits per heavy atom. The van der Waals surface area contributed by atoms with Crippen molar-refractivity contribution in [1.29, 1.82) is 0 Å². The van der Waals surface area contributed by atoms with E-state index >= 15 is 0 Å². The van der Waals surface area contributed by atoms with Crippen LogP contribution in [0.2, 0.25) is 0 Å². The van der Waals surface area contributed by atoms with Gasteiger partial charge in [-0.1, -0.05) is 0 Å². The van der Waals surface area contributed by atoms with Crippen LogP contribution in [0.15, 0.2) is 11.0 Å². The molecule has 0 spiro atoms. The van der Waals surface area contributed by atoms with Crippen molar-refractivity contribution in [2.24, 2.45) is 0 Å². The van der Waals surface area contributed by atoms with E-state index in [0.717, 1.165) is 0 Å². The summed E-state index contributed by atoms with van der Waals surface area (Å²) in [5.41, 5.74) is -0.0700. The zero-order valence-corrected chi connectivity index (χ0v) is 5.63. The Labute approximate surface area is 57.5 Å². The topological polar surface area (TPSA) is 54.9 Å². The van der Waals surface area contributed by atoms with Gasteiger partial charge in [-0.15, -0.1) is 0 Å². The molecule has 0 amide bonds. The van der Waals surface area contributed by atoms with Crippen LogP contribution in [0.4, 0.5) is 0 Å². The van der Waals surface area contributed by atoms with E-state index in [9.17, 15) is 9.59 Å². The lowest BCUT2D eigenvalue weighted by Gasteiger charge is -1.89. The first kappa shape index (κ1) is 6.80. The van der Waals surface area contributed by atoms with Gasteiger partial charge in [-0.3, -0.25) is 14.3 Å². The van der Waals surface area contributed by atoms with Crippen molar-refractivity contribution in [3.63, 3.8) is 0 Å². The lowest BCUT2D eigenvalue weighted by Crippen LogP contribution is -2.17. The summed E-state index contributed by atoms with van der Waals surface area (Å²) in [6.07, 6.45) is 1.95. The van der Waals surface area contributed by atoms with E-state index in [1.165, 1.54) is 10.9 Å². The first-order valence-electron chi connectivity index (χ1n) is 3.03. The van der Waals surface area contributed by atoms with Crippen molar-refractivity contribution >= 4 is 6.29 Å². The Balaban J connectivity index is 3.21. The molecule has 0 atom stereocenters. The average molecular weight is 140 g/mol. The number of carbonyl (C=O) groups excluding carboxylic acids is 1. The van der Waals surface area contributed by atoms with Crippen LogP contribution in [0.25, 0.3) is 0 Å². The predicted octanol–water partition coefficient (Wildman–Crippen LogP) is 0.00880. The highest BCUT2D eigenvalue weighted by Gasteiger charge is 2.00. The van der Waals surface area contributed by atoms with Crippen LogP contribution < -0.4 is 5.56 Å². The van der Waals surface area contributed by atoms with Crippen molar-refractivity contribution in [2.75, 3.05) is 0 Å². The van der Waals surface area contributed by atoms with E-state index in [0.29, 0.717) is 12.8 Å². The van der Waals surface area contributed by atoms with Crippen LogP contribution in [-0.4, -0.2) is 16.1 Å². The Bertz CT molecular complexity index is 284. The number of rotatable bonds is 2. The van der Waals surface area contributed by atoms with Crippen LogP contribution in [0.3, 0.4) is 0 Å². The van der Waals surface area contributed by atoms with Gasteiger partial charge >= 0.3 is 0 Å². The van der Waals surface area contributed by atoms with Crippen molar-refractivity contribution in [2.45, 2.75) is 13.5 Å². The SMILES string of the molecule is CCn1[nH]cc(C=O)c1=O. The predicted molar refractivity (Wildman–Crippen MR) is 36.1 cm³/mol. The minimum absolute atomic E-state index is 0.182. The fourth-order valence-corrected chi connectivity index (χ4v) is 0.743. The summed E-state index contributed by atoms with van der Waals surface area (Å²) >= 11 is 0. The van der Waals surface area contributed by atoms with E-state index in [2.05, 4.69) is 5.10 Å². The lowest BCUT2D eigenvalue weighted by molar-refractivity contribution is 0.112. The highest BCUT2D eigenvalue weighted by Crippen LogP contribution is 1.82. The molecular formula is C6H8N2O2. The van der Waals surface area contributed by atoms with Gasteiger partial charge in [-0.2, -0.15) is 0 Å². The van der Waals surface area contributed by atoms with Crippen molar-refractivity contribution in [1.82, 2.24) is 9.78 Å². The quantitative estimate of drug-likeness (QED) is 0.588. The maximum absolute atomic E-state index is 10.9. The second-order valence-corrected chi connectivity index (χ2v) is 1.90. The van der Waals surface area contributed by atoms with Gasteiger partial charge in [-0.05, 0) is 6.92 Å². The summed E-state index contributed by atoms with van der Waals surface area (Å²) in [5, 5.41) is 2.65. The summed E-state index contributed by atoms with van der Waals surface area (Å²) in [5.74, 6) is 0. The lowest BCUT2D eigenvalue weighted by atomic mass is 10.4. The Morgan fingerprint density at radius 1 is 1.80 bits per heavy atom. The van der Waals surface area contributed by atoms with Gasteiger partial charge in [0.1, 0.15) is 0 Å². The van der Waals surface area contributed by atoms with Gasteiger partial charge < -0.3 is 5.10 Å². The van der Waals surface area contributed by atoms with Gasteiger partial charge in [0.05, 0.1) is 5.56 Å². The number of aryl methyl sites for hydroxylation is 1. The standard InChI is InChI=1S/C6H8N2O2/c1-2-8-6(10)5(4-9)3-7-8/h3-4,7H,2H2,1H3. The van der Waals surface area contributed by atoms with Gasteiger partial charge in [0.2, 0.25) is 0 Å². The molecule has 4 heteroatoms. The van der Waals surface area contributed by atoms with Crippen molar-refractivity contribution in [3.8, 4) is 0 Å². The van der Waals surface area contributed by atoms with Crippen LogP contribution in [0.5, 0.6) is 0 Å².